The summed E-state index contributed by atoms with van der Waals surface area (Å²) in [6, 6.07) is 13.5. The molecule has 0 radical (unpaired) electrons. The minimum absolute atomic E-state index is 0.0315. The molecule has 0 aromatic heterocycles. The fourth-order valence-electron chi connectivity index (χ4n) is 10.1. The van der Waals surface area contributed by atoms with Gasteiger partial charge >= 0.3 is 5.97 Å². The zero-order valence-corrected chi connectivity index (χ0v) is 31.7. The molecule has 2 aromatic carbocycles. The standard InChI is InChI=1S/C41H49N3O14/c45-14-12-42-36(50)26-11-4-13-43(26)39(52)41-19-27-32-33(57-40(56-32)17-24-9-1-2-10-25(24)18-40)35(41)58-44(34(41)37(51)54-27)20-23-7-3-6-22(16-23)8-5-15-53-38-31(49)30(48)29(47)28(21-46)55-38/h1-3,5-10,16,26-35,38,45-49H,4,11-15,17-21H2,(H,42,50)/t26-,27-,28-,29+,30+,31-,32+,33+,34+,35-,38+,41+/m1/s1. The van der Waals surface area contributed by atoms with Crippen LogP contribution in [-0.2, 0) is 62.3 Å². The Bertz CT molecular complexity index is 1900. The monoisotopic (exact) mass is 807 g/mol. The number of nitrogens with one attached hydrogen (secondary N) is 1. The zero-order chi connectivity index (χ0) is 40.3. The van der Waals surface area contributed by atoms with Crippen LogP contribution in [-0.4, -0.2) is 159 Å². The van der Waals surface area contributed by atoms with Gasteiger partial charge in [-0.25, -0.2) is 0 Å². The van der Waals surface area contributed by atoms with E-state index in [0.717, 1.165) is 22.3 Å². The van der Waals surface area contributed by atoms with Crippen LogP contribution in [0.1, 0.15) is 41.5 Å². The summed E-state index contributed by atoms with van der Waals surface area (Å²) in [6.07, 6.45) is -4.53. The van der Waals surface area contributed by atoms with Gasteiger partial charge in [0.2, 0.25) is 11.8 Å². The Morgan fingerprint density at radius 1 is 0.983 bits per heavy atom. The number of carbonyl (C=O) groups excluding carboxylic acids is 3. The Morgan fingerprint density at radius 3 is 2.52 bits per heavy atom. The van der Waals surface area contributed by atoms with E-state index in [1.165, 1.54) is 5.06 Å². The Hall–Kier alpha value is -3.85. The molecule has 1 saturated carbocycles. The minimum atomic E-state index is -1.55. The maximum Gasteiger partial charge on any atom is 0.327 e. The Labute approximate surface area is 334 Å². The number of benzene rings is 2. The van der Waals surface area contributed by atoms with Gasteiger partial charge in [-0.1, -0.05) is 60.7 Å². The van der Waals surface area contributed by atoms with Gasteiger partial charge in [0.1, 0.15) is 60.3 Å². The SMILES string of the molecule is O=C(NCCO)[C@H]1CCCN1C(=O)[C@@]12C[C@H]3OC(=O)[C@@H]1N(Cc1cccc(C=CCO[C@H]4O[C@H](CO)[C@H](O)[C@H](O)[C@H]4O)c1)O[C@@H]2[C@H]1OC2(Cc4ccccc4C2)O[C@H]13. The molecule has 2 amide bonds. The number of amides is 2. The number of nitrogens with zero attached hydrogens (tertiary/aromatic N) is 2. The number of aliphatic hydroxyl groups is 5. The van der Waals surface area contributed by atoms with Crippen molar-refractivity contribution in [3.05, 3.63) is 76.9 Å². The summed E-state index contributed by atoms with van der Waals surface area (Å²) in [5.74, 6) is -2.38. The maximum atomic E-state index is 15.2. The molecule has 17 nitrogen and oxygen atoms in total. The van der Waals surface area contributed by atoms with E-state index in [2.05, 4.69) is 5.32 Å². The highest BCUT2D eigenvalue weighted by molar-refractivity contribution is 5.96. The fraction of sp³-hybridized carbons (Fsp3) is 0.585. The molecule has 2 bridgehead atoms. The third-order valence-electron chi connectivity index (χ3n) is 12.7. The summed E-state index contributed by atoms with van der Waals surface area (Å²) in [7, 11) is 0. The van der Waals surface area contributed by atoms with Crippen LogP contribution in [0.5, 0.6) is 0 Å². The number of aliphatic hydroxyl groups excluding tert-OH is 5. The number of fused-ring (bicyclic) bond motifs is 5. The highest BCUT2D eigenvalue weighted by Gasteiger charge is 2.77. The molecule has 312 valence electrons. The van der Waals surface area contributed by atoms with Crippen molar-refractivity contribution in [3.8, 4) is 0 Å². The number of hydrogen-bond acceptors (Lipinski definition) is 15. The number of likely N-dealkylation sites (tertiary alicyclic amines) is 1. The quantitative estimate of drug-likeness (QED) is 0.145. The van der Waals surface area contributed by atoms with Crippen LogP contribution in [0.15, 0.2) is 54.6 Å². The summed E-state index contributed by atoms with van der Waals surface area (Å²) in [6.45, 7) is -0.378. The number of carbonyl (C=O) groups is 3. The molecule has 6 N–H and O–H groups in total. The van der Waals surface area contributed by atoms with Gasteiger partial charge in [0.05, 0.1) is 26.4 Å². The van der Waals surface area contributed by atoms with Crippen molar-refractivity contribution in [2.75, 3.05) is 32.9 Å². The Kier molecular flexibility index (Phi) is 10.7. The molecule has 0 unspecified atom stereocenters. The van der Waals surface area contributed by atoms with E-state index in [0.29, 0.717) is 32.2 Å². The summed E-state index contributed by atoms with van der Waals surface area (Å²) >= 11 is 0. The van der Waals surface area contributed by atoms with Gasteiger partial charge in [0.25, 0.3) is 0 Å². The van der Waals surface area contributed by atoms with Crippen LogP contribution in [0, 0.1) is 5.41 Å². The third-order valence-corrected chi connectivity index (χ3v) is 12.7. The first kappa shape index (κ1) is 39.6. The molecule has 58 heavy (non-hydrogen) atoms. The Balaban J connectivity index is 0.975. The van der Waals surface area contributed by atoms with Crippen LogP contribution in [0.4, 0.5) is 0 Å². The average molecular weight is 808 g/mol. The van der Waals surface area contributed by atoms with Crippen molar-refractivity contribution in [1.29, 1.82) is 0 Å². The summed E-state index contributed by atoms with van der Waals surface area (Å²) in [5, 5.41) is 53.5. The molecule has 5 heterocycles. The van der Waals surface area contributed by atoms with E-state index >= 15 is 4.79 Å². The molecule has 6 fully saturated rings. The summed E-state index contributed by atoms with van der Waals surface area (Å²) < 4.78 is 30.8. The second-order valence-corrected chi connectivity index (χ2v) is 16.3. The molecular formula is C41H49N3O14. The molecule has 2 aliphatic carbocycles. The molecular weight excluding hydrogens is 758 g/mol. The number of ether oxygens (including phenoxy) is 5. The van der Waals surface area contributed by atoms with E-state index in [9.17, 15) is 35.1 Å². The van der Waals surface area contributed by atoms with Gasteiger partial charge in [-0.2, -0.15) is 5.06 Å². The predicted molar refractivity (Wildman–Crippen MR) is 197 cm³/mol. The van der Waals surface area contributed by atoms with Crippen LogP contribution >= 0.6 is 0 Å². The molecule has 5 aliphatic heterocycles. The van der Waals surface area contributed by atoms with E-state index in [4.69, 9.17) is 28.5 Å². The van der Waals surface area contributed by atoms with Crippen LogP contribution in [0.2, 0.25) is 0 Å². The van der Waals surface area contributed by atoms with E-state index in [1.807, 2.05) is 48.5 Å². The third kappa shape index (κ3) is 6.66. The van der Waals surface area contributed by atoms with E-state index in [1.54, 1.807) is 17.1 Å². The first-order valence-corrected chi connectivity index (χ1v) is 20.0. The molecule has 12 atom stereocenters. The fourth-order valence-corrected chi connectivity index (χ4v) is 10.1. The number of rotatable bonds is 11. The number of hydrogen-bond donors (Lipinski definition) is 6. The van der Waals surface area contributed by atoms with E-state index in [-0.39, 0.29) is 44.5 Å². The molecule has 5 saturated heterocycles. The highest BCUT2D eigenvalue weighted by atomic mass is 16.8. The summed E-state index contributed by atoms with van der Waals surface area (Å²) in [4.78, 5) is 51.1. The summed E-state index contributed by atoms with van der Waals surface area (Å²) in [5.41, 5.74) is 2.25. The van der Waals surface area contributed by atoms with Crippen molar-refractivity contribution < 1.29 is 68.4 Å². The lowest BCUT2D eigenvalue weighted by Gasteiger charge is -2.50. The minimum Gasteiger partial charge on any atom is -0.458 e. The van der Waals surface area contributed by atoms with Gasteiger partial charge in [-0.05, 0) is 35.1 Å². The average Bonchev–Trinajstić information content (AvgIpc) is 4.02. The largest absolute Gasteiger partial charge is 0.458 e. The van der Waals surface area contributed by atoms with Gasteiger partial charge in [-0.15, -0.1) is 0 Å². The molecule has 1 spiro atoms. The van der Waals surface area contributed by atoms with Crippen molar-refractivity contribution in [3.63, 3.8) is 0 Å². The van der Waals surface area contributed by atoms with Crippen molar-refractivity contribution in [1.82, 2.24) is 15.3 Å². The molecule has 7 aliphatic rings. The first-order chi connectivity index (χ1) is 28.1. The first-order valence-electron chi connectivity index (χ1n) is 20.0. The number of esters is 1. The lowest BCUT2D eigenvalue weighted by molar-refractivity contribution is -0.298. The second-order valence-electron chi connectivity index (χ2n) is 16.3. The van der Waals surface area contributed by atoms with Crippen LogP contribution in [0.3, 0.4) is 0 Å². The second kappa shape index (κ2) is 15.6. The highest BCUT2D eigenvalue weighted by Crippen LogP contribution is 2.59. The molecule has 2 aromatic rings. The normalized spacial score (nSPS) is 37.3. The number of hydroxylamine groups is 2. The maximum absolute atomic E-state index is 15.2. The zero-order valence-electron chi connectivity index (χ0n) is 31.7. The van der Waals surface area contributed by atoms with Crippen molar-refractivity contribution in [2.24, 2.45) is 5.41 Å². The predicted octanol–water partition coefficient (Wildman–Crippen LogP) is -1.31. The van der Waals surface area contributed by atoms with Gasteiger partial charge in [-0.3, -0.25) is 19.2 Å². The Morgan fingerprint density at radius 2 is 1.76 bits per heavy atom. The smallest absolute Gasteiger partial charge is 0.327 e. The van der Waals surface area contributed by atoms with Crippen LogP contribution < -0.4 is 5.32 Å². The lowest BCUT2D eigenvalue weighted by atomic mass is 9.62. The lowest BCUT2D eigenvalue weighted by Crippen LogP contribution is -2.70. The topological polar surface area (TPSA) is 226 Å². The van der Waals surface area contributed by atoms with Gasteiger partial charge in [0, 0.05) is 32.4 Å². The molecule has 9 rings (SSSR count). The van der Waals surface area contributed by atoms with Crippen molar-refractivity contribution in [2.45, 2.75) is 112 Å². The van der Waals surface area contributed by atoms with Crippen molar-refractivity contribution >= 4 is 23.9 Å². The molecule has 17 heteroatoms. The van der Waals surface area contributed by atoms with Gasteiger partial charge in [0.15, 0.2) is 18.1 Å². The van der Waals surface area contributed by atoms with E-state index < -0.39 is 91.0 Å². The van der Waals surface area contributed by atoms with Crippen LogP contribution in [0.25, 0.3) is 6.08 Å². The van der Waals surface area contributed by atoms with Gasteiger partial charge < -0.3 is 59.4 Å².